The van der Waals surface area contributed by atoms with Crippen molar-refractivity contribution < 1.29 is 4.42 Å². The second-order valence-electron chi connectivity index (χ2n) is 6.53. The predicted octanol–water partition coefficient (Wildman–Crippen LogP) is 5.50. The minimum atomic E-state index is 0.474. The summed E-state index contributed by atoms with van der Waals surface area (Å²) in [5.74, 6) is 1.47. The van der Waals surface area contributed by atoms with E-state index in [1.807, 2.05) is 12.1 Å². The quantitative estimate of drug-likeness (QED) is 0.526. The highest BCUT2D eigenvalue weighted by atomic mass is 16.3. The standard InChI is InChI=1S/C22H22N2O/c1-2-3-11-17-14-18-20-16(13-15-8-5-4-6-9-15)10-7-12-19(20)24-22(23)21(18)25-17/h4-10,12,14H,2-3,11,13H2,1H3,(H2,23,24). The molecule has 0 unspecified atom stereocenters. The summed E-state index contributed by atoms with van der Waals surface area (Å²) >= 11 is 0. The molecule has 0 spiro atoms. The molecule has 0 bridgehead atoms. The zero-order valence-electron chi connectivity index (χ0n) is 14.5. The summed E-state index contributed by atoms with van der Waals surface area (Å²) in [4.78, 5) is 4.58. The number of nitrogens with two attached hydrogens (primary N) is 1. The summed E-state index contributed by atoms with van der Waals surface area (Å²) in [5.41, 5.74) is 10.4. The Balaban J connectivity index is 1.90. The molecular formula is C22H22N2O. The summed E-state index contributed by atoms with van der Waals surface area (Å²) in [7, 11) is 0. The number of fused-ring (bicyclic) bond motifs is 3. The number of aryl methyl sites for hydroxylation is 1. The minimum absolute atomic E-state index is 0.474. The number of benzene rings is 2. The van der Waals surface area contributed by atoms with E-state index < -0.39 is 0 Å². The molecular weight excluding hydrogens is 308 g/mol. The van der Waals surface area contributed by atoms with Crippen LogP contribution in [-0.4, -0.2) is 4.98 Å². The summed E-state index contributed by atoms with van der Waals surface area (Å²) in [6.45, 7) is 2.19. The number of hydrogen-bond donors (Lipinski definition) is 1. The fraction of sp³-hybridized carbons (Fsp3) is 0.227. The molecule has 0 aliphatic heterocycles. The topological polar surface area (TPSA) is 52.0 Å². The van der Waals surface area contributed by atoms with E-state index in [1.165, 1.54) is 11.1 Å². The van der Waals surface area contributed by atoms with E-state index in [9.17, 15) is 0 Å². The Bertz CT molecular complexity index is 1020. The molecule has 0 saturated carbocycles. The molecule has 0 aliphatic rings. The van der Waals surface area contributed by atoms with Crippen molar-refractivity contribution in [3.8, 4) is 0 Å². The molecule has 3 heteroatoms. The molecule has 0 fully saturated rings. The van der Waals surface area contributed by atoms with Gasteiger partial charge in [0, 0.05) is 17.2 Å². The van der Waals surface area contributed by atoms with Crippen LogP contribution in [0.15, 0.2) is 59.0 Å². The van der Waals surface area contributed by atoms with Crippen molar-refractivity contribution >= 4 is 27.7 Å². The number of rotatable bonds is 5. The average Bonchev–Trinajstić information content (AvgIpc) is 3.06. The van der Waals surface area contributed by atoms with Gasteiger partial charge in [0.25, 0.3) is 0 Å². The Morgan fingerprint density at radius 2 is 1.88 bits per heavy atom. The lowest BCUT2D eigenvalue weighted by atomic mass is 9.98. The van der Waals surface area contributed by atoms with Crippen LogP contribution >= 0.6 is 0 Å². The van der Waals surface area contributed by atoms with E-state index in [-0.39, 0.29) is 0 Å². The third-order valence-electron chi connectivity index (χ3n) is 4.67. The van der Waals surface area contributed by atoms with Gasteiger partial charge in [-0.05, 0) is 36.1 Å². The van der Waals surface area contributed by atoms with Gasteiger partial charge in [0.2, 0.25) is 0 Å². The lowest BCUT2D eigenvalue weighted by molar-refractivity contribution is 0.537. The van der Waals surface area contributed by atoms with E-state index in [0.717, 1.165) is 53.3 Å². The van der Waals surface area contributed by atoms with E-state index in [2.05, 4.69) is 54.4 Å². The highest BCUT2D eigenvalue weighted by Crippen LogP contribution is 2.34. The van der Waals surface area contributed by atoms with Crippen molar-refractivity contribution in [2.24, 2.45) is 0 Å². The van der Waals surface area contributed by atoms with Crippen LogP contribution in [0.5, 0.6) is 0 Å². The van der Waals surface area contributed by atoms with E-state index in [1.54, 1.807) is 0 Å². The zero-order valence-corrected chi connectivity index (χ0v) is 14.5. The van der Waals surface area contributed by atoms with Gasteiger partial charge in [0.1, 0.15) is 5.76 Å². The summed E-state index contributed by atoms with van der Waals surface area (Å²) in [5, 5.41) is 2.24. The van der Waals surface area contributed by atoms with Crippen molar-refractivity contribution in [3.63, 3.8) is 0 Å². The minimum Gasteiger partial charge on any atom is -0.457 e. The SMILES string of the molecule is CCCCc1cc2c(o1)c(N)nc1cccc(Cc3ccccc3)c12. The number of hydrogen-bond acceptors (Lipinski definition) is 3. The van der Waals surface area contributed by atoms with Crippen LogP contribution in [0.25, 0.3) is 21.9 Å². The van der Waals surface area contributed by atoms with E-state index >= 15 is 0 Å². The van der Waals surface area contributed by atoms with E-state index in [4.69, 9.17) is 10.2 Å². The first-order valence-electron chi connectivity index (χ1n) is 8.89. The third-order valence-corrected chi connectivity index (χ3v) is 4.67. The van der Waals surface area contributed by atoms with Crippen LogP contribution in [0.4, 0.5) is 5.82 Å². The predicted molar refractivity (Wildman–Crippen MR) is 104 cm³/mol. The number of anilines is 1. The van der Waals surface area contributed by atoms with Crippen molar-refractivity contribution in [1.29, 1.82) is 0 Å². The Morgan fingerprint density at radius 3 is 2.68 bits per heavy atom. The summed E-state index contributed by atoms with van der Waals surface area (Å²) in [6, 6.07) is 18.9. The number of unbranched alkanes of at least 4 members (excludes halogenated alkanes) is 1. The third kappa shape index (κ3) is 2.98. The average molecular weight is 330 g/mol. The largest absolute Gasteiger partial charge is 0.457 e. The smallest absolute Gasteiger partial charge is 0.176 e. The molecule has 2 aromatic heterocycles. The van der Waals surface area contributed by atoms with Gasteiger partial charge in [0.15, 0.2) is 11.4 Å². The first-order valence-corrected chi connectivity index (χ1v) is 8.89. The highest BCUT2D eigenvalue weighted by molar-refractivity contribution is 6.09. The van der Waals surface area contributed by atoms with Crippen LogP contribution in [0.3, 0.4) is 0 Å². The van der Waals surface area contributed by atoms with Crippen molar-refractivity contribution in [2.45, 2.75) is 32.6 Å². The first kappa shape index (κ1) is 15.7. The molecule has 4 rings (SSSR count). The van der Waals surface area contributed by atoms with Crippen LogP contribution in [0.2, 0.25) is 0 Å². The number of aromatic nitrogens is 1. The molecule has 0 atom stereocenters. The number of nitrogens with zero attached hydrogens (tertiary/aromatic N) is 1. The molecule has 4 aromatic rings. The lowest BCUT2D eigenvalue weighted by Gasteiger charge is -2.08. The van der Waals surface area contributed by atoms with Gasteiger partial charge in [-0.3, -0.25) is 0 Å². The molecule has 2 heterocycles. The fourth-order valence-electron chi connectivity index (χ4n) is 3.43. The van der Waals surface area contributed by atoms with Crippen molar-refractivity contribution in [1.82, 2.24) is 4.98 Å². The first-order chi connectivity index (χ1) is 12.3. The maximum atomic E-state index is 6.16. The zero-order chi connectivity index (χ0) is 17.2. The van der Waals surface area contributed by atoms with Crippen molar-refractivity contribution in [2.75, 3.05) is 5.73 Å². The molecule has 126 valence electrons. The summed E-state index contributed by atoms with van der Waals surface area (Å²) < 4.78 is 6.03. The van der Waals surface area contributed by atoms with Gasteiger partial charge in [0.05, 0.1) is 5.52 Å². The summed E-state index contributed by atoms with van der Waals surface area (Å²) in [6.07, 6.45) is 4.06. The number of nitrogen functional groups attached to an aromatic ring is 1. The monoisotopic (exact) mass is 330 g/mol. The molecule has 3 nitrogen and oxygen atoms in total. The Morgan fingerprint density at radius 1 is 1.04 bits per heavy atom. The molecule has 0 saturated heterocycles. The second-order valence-corrected chi connectivity index (χ2v) is 6.53. The normalized spacial score (nSPS) is 11.4. The number of pyridine rings is 1. The van der Waals surface area contributed by atoms with Crippen molar-refractivity contribution in [3.05, 3.63) is 71.5 Å². The van der Waals surface area contributed by atoms with Gasteiger partial charge in [-0.15, -0.1) is 0 Å². The Hall–Kier alpha value is -2.81. The lowest BCUT2D eigenvalue weighted by Crippen LogP contribution is -1.95. The Kier molecular flexibility index (Phi) is 4.14. The molecule has 0 aliphatic carbocycles. The number of furan rings is 1. The maximum Gasteiger partial charge on any atom is 0.176 e. The molecule has 0 amide bonds. The van der Waals surface area contributed by atoms with Gasteiger partial charge >= 0.3 is 0 Å². The van der Waals surface area contributed by atoms with Crippen LogP contribution in [-0.2, 0) is 12.8 Å². The molecule has 2 N–H and O–H groups in total. The van der Waals surface area contributed by atoms with Gasteiger partial charge < -0.3 is 10.2 Å². The fourth-order valence-corrected chi connectivity index (χ4v) is 3.43. The van der Waals surface area contributed by atoms with Gasteiger partial charge in [-0.25, -0.2) is 4.98 Å². The van der Waals surface area contributed by atoms with E-state index in [0.29, 0.717) is 5.82 Å². The van der Waals surface area contributed by atoms with Crippen LogP contribution in [0, 0.1) is 0 Å². The van der Waals surface area contributed by atoms with Crippen LogP contribution in [0.1, 0.15) is 36.7 Å². The molecule has 25 heavy (non-hydrogen) atoms. The highest BCUT2D eigenvalue weighted by Gasteiger charge is 2.15. The van der Waals surface area contributed by atoms with Gasteiger partial charge in [-0.2, -0.15) is 0 Å². The Labute approximate surface area is 147 Å². The van der Waals surface area contributed by atoms with Crippen LogP contribution < -0.4 is 5.73 Å². The maximum absolute atomic E-state index is 6.16. The van der Waals surface area contributed by atoms with Gasteiger partial charge in [-0.1, -0.05) is 55.8 Å². The second kappa shape index (κ2) is 6.60. The molecule has 2 aromatic carbocycles. The molecule has 0 radical (unpaired) electrons.